The summed E-state index contributed by atoms with van der Waals surface area (Å²) >= 11 is 12.2. The van der Waals surface area contributed by atoms with Crippen LogP contribution in [0.25, 0.3) is 11.3 Å². The van der Waals surface area contributed by atoms with Crippen LogP contribution in [0, 0.1) is 5.82 Å². The van der Waals surface area contributed by atoms with Gasteiger partial charge in [-0.1, -0.05) is 35.3 Å². The van der Waals surface area contributed by atoms with Gasteiger partial charge in [-0.05, 0) is 48.7 Å². The smallest absolute Gasteiger partial charge is 0.223 e. The zero-order chi connectivity index (χ0) is 22.5. The van der Waals surface area contributed by atoms with Gasteiger partial charge in [0, 0.05) is 43.1 Å². The number of oxazole rings is 1. The highest BCUT2D eigenvalue weighted by Crippen LogP contribution is 2.31. The van der Waals surface area contributed by atoms with Crippen molar-refractivity contribution < 1.29 is 18.3 Å². The molecule has 2 aromatic carbocycles. The van der Waals surface area contributed by atoms with Crippen LogP contribution < -0.4 is 0 Å². The van der Waals surface area contributed by atoms with Crippen molar-refractivity contribution in [1.82, 2.24) is 9.88 Å². The number of halogens is 3. The van der Waals surface area contributed by atoms with Crippen LogP contribution in [-0.4, -0.2) is 35.0 Å². The number of aryl methyl sites for hydroxylation is 1. The Bertz CT molecular complexity index is 1080. The molecule has 0 spiro atoms. The van der Waals surface area contributed by atoms with E-state index in [9.17, 15) is 9.18 Å². The molecule has 3 aromatic rings. The van der Waals surface area contributed by atoms with Gasteiger partial charge in [-0.15, -0.1) is 0 Å². The first-order valence-corrected chi connectivity index (χ1v) is 11.3. The second-order valence-electron chi connectivity index (χ2n) is 7.78. The van der Waals surface area contributed by atoms with E-state index in [1.54, 1.807) is 35.4 Å². The van der Waals surface area contributed by atoms with Crippen molar-refractivity contribution in [3.63, 3.8) is 0 Å². The maximum absolute atomic E-state index is 13.6. The minimum atomic E-state index is -0.319. The van der Waals surface area contributed by atoms with E-state index in [0.29, 0.717) is 53.4 Å². The molecule has 1 atom stereocenters. The van der Waals surface area contributed by atoms with Crippen LogP contribution in [0.4, 0.5) is 4.39 Å². The van der Waals surface area contributed by atoms with Gasteiger partial charge >= 0.3 is 0 Å². The lowest BCUT2D eigenvalue weighted by atomic mass is 10.1. The monoisotopic (exact) mass is 476 g/mol. The number of hydrogen-bond acceptors (Lipinski definition) is 4. The Morgan fingerprint density at radius 1 is 1.22 bits per heavy atom. The van der Waals surface area contributed by atoms with Crippen LogP contribution in [0.5, 0.6) is 0 Å². The SMILES string of the molecule is O=C(CCc1ncc(-c2ccc(Cl)cc2Cl)o1)N(Cc1cccc(F)c1)CC1CCCO1. The molecule has 0 aliphatic carbocycles. The number of hydrogen-bond donors (Lipinski definition) is 0. The molecule has 1 aliphatic rings. The predicted octanol–water partition coefficient (Wildman–Crippen LogP) is 5.93. The zero-order valence-corrected chi connectivity index (χ0v) is 18.9. The van der Waals surface area contributed by atoms with E-state index < -0.39 is 0 Å². The second-order valence-corrected chi connectivity index (χ2v) is 8.63. The molecule has 5 nitrogen and oxygen atoms in total. The number of rotatable bonds is 8. The fourth-order valence-corrected chi connectivity index (χ4v) is 4.26. The Morgan fingerprint density at radius 3 is 2.84 bits per heavy atom. The number of carbonyl (C=O) groups excluding carboxylic acids is 1. The molecule has 0 saturated carbocycles. The summed E-state index contributed by atoms with van der Waals surface area (Å²) in [5, 5.41) is 1.00. The van der Waals surface area contributed by atoms with E-state index in [1.807, 2.05) is 6.07 Å². The Balaban J connectivity index is 1.42. The van der Waals surface area contributed by atoms with Crippen molar-refractivity contribution >= 4 is 29.1 Å². The van der Waals surface area contributed by atoms with Crippen LogP contribution in [0.15, 0.2) is 53.1 Å². The number of carbonyl (C=O) groups is 1. The number of nitrogens with zero attached hydrogens (tertiary/aromatic N) is 2. The minimum Gasteiger partial charge on any atom is -0.441 e. The molecule has 4 rings (SSSR count). The summed E-state index contributed by atoms with van der Waals surface area (Å²) in [6.45, 7) is 1.51. The predicted molar refractivity (Wildman–Crippen MR) is 121 cm³/mol. The van der Waals surface area contributed by atoms with Crippen LogP contribution in [0.3, 0.4) is 0 Å². The molecule has 1 amide bonds. The number of aromatic nitrogens is 1. The van der Waals surface area contributed by atoms with Crippen molar-refractivity contribution in [2.24, 2.45) is 0 Å². The lowest BCUT2D eigenvalue weighted by molar-refractivity contribution is -0.133. The summed E-state index contributed by atoms with van der Waals surface area (Å²) in [4.78, 5) is 19.0. The van der Waals surface area contributed by atoms with E-state index in [0.717, 1.165) is 18.4 Å². The summed E-state index contributed by atoms with van der Waals surface area (Å²) in [6.07, 6.45) is 4.06. The summed E-state index contributed by atoms with van der Waals surface area (Å²) in [5.74, 6) is 0.585. The summed E-state index contributed by atoms with van der Waals surface area (Å²) in [6, 6.07) is 11.4. The summed E-state index contributed by atoms with van der Waals surface area (Å²) in [7, 11) is 0. The van der Waals surface area contributed by atoms with Gasteiger partial charge in [-0.2, -0.15) is 0 Å². The molecular formula is C24H23Cl2FN2O3. The number of amides is 1. The molecule has 2 heterocycles. The van der Waals surface area contributed by atoms with Crippen LogP contribution in [-0.2, 0) is 22.5 Å². The lowest BCUT2D eigenvalue weighted by Crippen LogP contribution is -2.37. The topological polar surface area (TPSA) is 55.6 Å². The molecule has 0 N–H and O–H groups in total. The first kappa shape index (κ1) is 22.8. The Kier molecular flexibility index (Phi) is 7.45. The van der Waals surface area contributed by atoms with Crippen molar-refractivity contribution in [1.29, 1.82) is 0 Å². The normalized spacial score (nSPS) is 15.8. The summed E-state index contributed by atoms with van der Waals surface area (Å²) in [5.41, 5.74) is 1.43. The fraction of sp³-hybridized carbons (Fsp3) is 0.333. The Labute approximate surface area is 196 Å². The second kappa shape index (κ2) is 10.5. The molecule has 8 heteroatoms. The van der Waals surface area contributed by atoms with E-state index in [1.165, 1.54) is 12.1 Å². The zero-order valence-electron chi connectivity index (χ0n) is 17.4. The average molecular weight is 477 g/mol. The first-order chi connectivity index (χ1) is 15.5. The van der Waals surface area contributed by atoms with Gasteiger partial charge < -0.3 is 14.1 Å². The fourth-order valence-electron chi connectivity index (χ4n) is 3.76. The van der Waals surface area contributed by atoms with E-state index in [4.69, 9.17) is 32.4 Å². The Hall–Kier alpha value is -2.41. The van der Waals surface area contributed by atoms with Crippen molar-refractivity contribution in [2.75, 3.05) is 13.2 Å². The molecule has 1 saturated heterocycles. The van der Waals surface area contributed by atoms with Gasteiger partial charge in [0.15, 0.2) is 11.7 Å². The van der Waals surface area contributed by atoms with Crippen LogP contribution in [0.1, 0.15) is 30.7 Å². The third-order valence-electron chi connectivity index (χ3n) is 5.37. The highest BCUT2D eigenvalue weighted by Gasteiger charge is 2.23. The molecule has 1 aromatic heterocycles. The number of ether oxygens (including phenoxy) is 1. The highest BCUT2D eigenvalue weighted by molar-refractivity contribution is 6.36. The van der Waals surface area contributed by atoms with Gasteiger partial charge in [0.2, 0.25) is 5.91 Å². The molecule has 0 bridgehead atoms. The largest absolute Gasteiger partial charge is 0.441 e. The van der Waals surface area contributed by atoms with Crippen molar-refractivity contribution in [2.45, 2.75) is 38.3 Å². The van der Waals surface area contributed by atoms with Gasteiger partial charge in [0.1, 0.15) is 5.82 Å². The third-order valence-corrected chi connectivity index (χ3v) is 5.91. The molecule has 32 heavy (non-hydrogen) atoms. The molecule has 0 radical (unpaired) electrons. The van der Waals surface area contributed by atoms with E-state index in [2.05, 4.69) is 4.98 Å². The van der Waals surface area contributed by atoms with Crippen molar-refractivity contribution in [3.05, 3.63) is 76.0 Å². The van der Waals surface area contributed by atoms with E-state index in [-0.39, 0.29) is 24.2 Å². The quantitative estimate of drug-likeness (QED) is 0.404. The molecule has 168 valence electrons. The van der Waals surface area contributed by atoms with Crippen LogP contribution >= 0.6 is 23.2 Å². The molecule has 1 fully saturated rings. The number of benzene rings is 2. The first-order valence-electron chi connectivity index (χ1n) is 10.5. The molecule has 1 aliphatic heterocycles. The van der Waals surface area contributed by atoms with Gasteiger partial charge in [0.25, 0.3) is 0 Å². The standard InChI is InChI=1S/C24H23Cl2FN2O3/c25-17-6-7-20(21(26)12-17)22-13-28-23(32-22)8-9-24(30)29(15-19-5-2-10-31-19)14-16-3-1-4-18(27)11-16/h1,3-4,6-7,11-13,19H,2,5,8-10,14-15H2. The summed E-state index contributed by atoms with van der Waals surface area (Å²) < 4.78 is 25.1. The minimum absolute atomic E-state index is 0.00731. The molecule has 1 unspecified atom stereocenters. The lowest BCUT2D eigenvalue weighted by Gasteiger charge is -2.25. The van der Waals surface area contributed by atoms with Gasteiger partial charge in [-0.3, -0.25) is 4.79 Å². The average Bonchev–Trinajstić information content (AvgIpc) is 3.44. The van der Waals surface area contributed by atoms with Crippen LogP contribution in [0.2, 0.25) is 10.0 Å². The maximum atomic E-state index is 13.6. The molecular weight excluding hydrogens is 454 g/mol. The van der Waals surface area contributed by atoms with Gasteiger partial charge in [-0.25, -0.2) is 9.37 Å². The third kappa shape index (κ3) is 5.88. The van der Waals surface area contributed by atoms with Crippen molar-refractivity contribution in [3.8, 4) is 11.3 Å². The van der Waals surface area contributed by atoms with E-state index >= 15 is 0 Å². The Morgan fingerprint density at radius 2 is 2.09 bits per heavy atom. The maximum Gasteiger partial charge on any atom is 0.223 e. The van der Waals surface area contributed by atoms with Gasteiger partial charge in [0.05, 0.1) is 17.3 Å². The highest BCUT2D eigenvalue weighted by atomic mass is 35.5.